The molecule has 6 aromatic rings. The molecule has 9 nitrogen and oxygen atoms in total. The molecule has 13 heteroatoms. The number of aryl methyl sites for hydroxylation is 1. The summed E-state index contributed by atoms with van der Waals surface area (Å²) >= 11 is 1.11. The first kappa shape index (κ1) is 30.6. The minimum absolute atomic E-state index is 0.0293. The SMILES string of the molecule is C=CC(=O)N1CCn2nc(-c3nc(-c4ccc5cn(C)nc5c4)c4scc(F)c4c3-c3c(F)cc(F)cc3OC[C@@H](C)O)cc2[C@H]1C. The van der Waals surface area contributed by atoms with Crippen LogP contribution < -0.4 is 4.74 Å². The number of rotatable bonds is 7. The maximum Gasteiger partial charge on any atom is 0.246 e. The average Bonchev–Trinajstić information content (AvgIpc) is 3.75. The molecule has 1 N–H and O–H groups in total. The van der Waals surface area contributed by atoms with E-state index in [2.05, 4.69) is 11.7 Å². The fourth-order valence-electron chi connectivity index (χ4n) is 6.15. The molecule has 0 spiro atoms. The second kappa shape index (κ2) is 11.7. The van der Waals surface area contributed by atoms with E-state index in [-0.39, 0.29) is 46.5 Å². The van der Waals surface area contributed by atoms with E-state index in [0.717, 1.165) is 22.8 Å². The molecule has 0 saturated carbocycles. The predicted molar refractivity (Wildman–Crippen MR) is 173 cm³/mol. The number of fused-ring (bicyclic) bond motifs is 3. The molecule has 0 unspecified atom stereocenters. The molecular weight excluding hydrogens is 629 g/mol. The maximum atomic E-state index is 16.1. The number of nitrogens with zero attached hydrogens (tertiary/aromatic N) is 6. The van der Waals surface area contributed by atoms with Gasteiger partial charge in [-0.25, -0.2) is 18.2 Å². The van der Waals surface area contributed by atoms with Gasteiger partial charge in [-0.2, -0.15) is 10.2 Å². The maximum absolute atomic E-state index is 16.1. The Morgan fingerprint density at radius 1 is 1.13 bits per heavy atom. The Kier molecular flexibility index (Phi) is 7.60. The molecule has 1 aliphatic rings. The standard InChI is InChI=1S/C34H29F3N6O3S/c1-5-28(45)42-8-9-43-26(18(42)3)13-25(40-43)33-31(29-22(36)11-21(35)12-27(29)46-15-17(2)44)30-23(37)16-47-34(30)32(38-33)19-6-7-20-14-41(4)39-24(20)10-19/h5-7,10-14,16-18,44H,1,8-9,15H2,2-4H3/t17-,18-/m1/s1. The van der Waals surface area contributed by atoms with Crippen LogP contribution in [-0.2, 0) is 18.4 Å². The topological polar surface area (TPSA) is 98.3 Å². The van der Waals surface area contributed by atoms with E-state index in [0.29, 0.717) is 52.0 Å². The van der Waals surface area contributed by atoms with Crippen LogP contribution in [0.3, 0.4) is 0 Å². The number of amides is 1. The van der Waals surface area contributed by atoms with Crippen molar-refractivity contribution in [3.8, 4) is 39.5 Å². The van der Waals surface area contributed by atoms with E-state index < -0.39 is 23.6 Å². The number of aliphatic hydroxyl groups excluding tert-OH is 1. The van der Waals surface area contributed by atoms with Crippen LogP contribution in [0.25, 0.3) is 54.8 Å². The van der Waals surface area contributed by atoms with E-state index in [1.54, 1.807) is 20.3 Å². The number of aliphatic hydroxyl groups is 1. The normalized spacial score (nSPS) is 15.3. The highest BCUT2D eigenvalue weighted by atomic mass is 32.1. The molecule has 0 saturated heterocycles. The Balaban J connectivity index is 1.54. The van der Waals surface area contributed by atoms with Gasteiger partial charge >= 0.3 is 0 Å². The zero-order valence-corrected chi connectivity index (χ0v) is 26.5. The van der Waals surface area contributed by atoms with Gasteiger partial charge in [0.05, 0.1) is 45.9 Å². The van der Waals surface area contributed by atoms with Gasteiger partial charge in [0, 0.05) is 59.2 Å². The summed E-state index contributed by atoms with van der Waals surface area (Å²) in [6.07, 6.45) is 2.19. The molecule has 1 aliphatic heterocycles. The minimum Gasteiger partial charge on any atom is -0.490 e. The molecular formula is C34H29F3N6O3S. The first-order valence-corrected chi connectivity index (χ1v) is 15.8. The van der Waals surface area contributed by atoms with Gasteiger partial charge in [-0.15, -0.1) is 11.3 Å². The summed E-state index contributed by atoms with van der Waals surface area (Å²) in [5.41, 5.74) is 2.73. The average molecular weight is 659 g/mol. The number of carbonyl (C=O) groups is 1. The van der Waals surface area contributed by atoms with E-state index in [1.165, 1.54) is 18.4 Å². The summed E-state index contributed by atoms with van der Waals surface area (Å²) in [4.78, 5) is 19.3. The van der Waals surface area contributed by atoms with Crippen LogP contribution in [-0.4, -0.2) is 59.7 Å². The highest BCUT2D eigenvalue weighted by molar-refractivity contribution is 7.17. The number of benzene rings is 2. The largest absolute Gasteiger partial charge is 0.490 e. The van der Waals surface area contributed by atoms with Crippen molar-refractivity contribution in [2.45, 2.75) is 32.5 Å². The summed E-state index contributed by atoms with van der Waals surface area (Å²) in [7, 11) is 1.82. The van der Waals surface area contributed by atoms with Gasteiger partial charge in [0.25, 0.3) is 0 Å². The van der Waals surface area contributed by atoms with Crippen molar-refractivity contribution in [3.05, 3.63) is 83.8 Å². The second-order valence-electron chi connectivity index (χ2n) is 11.6. The lowest BCUT2D eigenvalue weighted by atomic mass is 9.94. The number of thiophene rings is 1. The first-order chi connectivity index (χ1) is 22.5. The third-order valence-corrected chi connectivity index (χ3v) is 9.23. The number of aromatic nitrogens is 5. The molecule has 0 bridgehead atoms. The molecule has 47 heavy (non-hydrogen) atoms. The van der Waals surface area contributed by atoms with Gasteiger partial charge in [0.1, 0.15) is 41.2 Å². The Labute approximate surface area is 271 Å². The summed E-state index contributed by atoms with van der Waals surface area (Å²) in [5, 5.41) is 21.5. The Morgan fingerprint density at radius 3 is 2.70 bits per heavy atom. The number of carbonyl (C=O) groups excluding carboxylic acids is 1. The fraction of sp³-hybridized carbons (Fsp3) is 0.235. The third-order valence-electron chi connectivity index (χ3n) is 8.28. The molecule has 0 fully saturated rings. The summed E-state index contributed by atoms with van der Waals surface area (Å²) in [6, 6.07) is 8.69. The van der Waals surface area contributed by atoms with Crippen LogP contribution in [0.1, 0.15) is 25.6 Å². The van der Waals surface area contributed by atoms with Crippen LogP contribution in [0.5, 0.6) is 5.75 Å². The number of pyridine rings is 1. The summed E-state index contributed by atoms with van der Waals surface area (Å²) < 4.78 is 56.3. The van der Waals surface area contributed by atoms with Crippen LogP contribution in [0, 0.1) is 17.5 Å². The van der Waals surface area contributed by atoms with Gasteiger partial charge in [-0.3, -0.25) is 14.2 Å². The number of hydrogen-bond donors (Lipinski definition) is 1. The van der Waals surface area contributed by atoms with Crippen LogP contribution >= 0.6 is 11.3 Å². The molecule has 5 heterocycles. The minimum atomic E-state index is -0.997. The van der Waals surface area contributed by atoms with Crippen molar-refractivity contribution in [2.24, 2.45) is 7.05 Å². The van der Waals surface area contributed by atoms with E-state index >= 15 is 8.78 Å². The van der Waals surface area contributed by atoms with Crippen LogP contribution in [0.4, 0.5) is 13.2 Å². The number of ether oxygens (including phenoxy) is 1. The molecule has 2 atom stereocenters. The number of hydrogen-bond acceptors (Lipinski definition) is 7. The van der Waals surface area contributed by atoms with E-state index in [9.17, 15) is 14.3 Å². The van der Waals surface area contributed by atoms with Crippen molar-refractivity contribution in [1.82, 2.24) is 29.4 Å². The molecule has 1 amide bonds. The Hall–Kier alpha value is -5.01. The highest BCUT2D eigenvalue weighted by Crippen LogP contribution is 2.48. The third kappa shape index (κ3) is 5.25. The highest BCUT2D eigenvalue weighted by Gasteiger charge is 2.32. The van der Waals surface area contributed by atoms with Gasteiger partial charge in [0.2, 0.25) is 5.91 Å². The van der Waals surface area contributed by atoms with Crippen molar-refractivity contribution in [1.29, 1.82) is 0 Å². The van der Waals surface area contributed by atoms with Crippen LogP contribution in [0.2, 0.25) is 0 Å². The lowest BCUT2D eigenvalue weighted by Gasteiger charge is -2.33. The van der Waals surface area contributed by atoms with Crippen molar-refractivity contribution in [3.63, 3.8) is 0 Å². The second-order valence-corrected chi connectivity index (χ2v) is 12.4. The molecule has 240 valence electrons. The van der Waals surface area contributed by atoms with Gasteiger partial charge in [0.15, 0.2) is 0 Å². The van der Waals surface area contributed by atoms with Gasteiger partial charge in [-0.05, 0) is 32.1 Å². The number of halogens is 3. The van der Waals surface area contributed by atoms with E-state index in [1.807, 2.05) is 38.4 Å². The van der Waals surface area contributed by atoms with E-state index in [4.69, 9.17) is 14.8 Å². The molecule has 4 aromatic heterocycles. The predicted octanol–water partition coefficient (Wildman–Crippen LogP) is 6.65. The summed E-state index contributed by atoms with van der Waals surface area (Å²) in [5.74, 6) is -2.98. The lowest BCUT2D eigenvalue weighted by Crippen LogP contribution is -2.40. The Morgan fingerprint density at radius 2 is 1.94 bits per heavy atom. The van der Waals surface area contributed by atoms with Gasteiger partial charge < -0.3 is 14.7 Å². The quantitative estimate of drug-likeness (QED) is 0.193. The zero-order valence-electron chi connectivity index (χ0n) is 25.7. The monoisotopic (exact) mass is 658 g/mol. The lowest BCUT2D eigenvalue weighted by molar-refractivity contribution is -0.129. The molecule has 0 radical (unpaired) electrons. The molecule has 0 aliphatic carbocycles. The van der Waals surface area contributed by atoms with Crippen molar-refractivity contribution >= 4 is 38.2 Å². The fourth-order valence-corrected chi connectivity index (χ4v) is 7.08. The van der Waals surface area contributed by atoms with Crippen molar-refractivity contribution < 1.29 is 27.8 Å². The van der Waals surface area contributed by atoms with Crippen molar-refractivity contribution in [2.75, 3.05) is 13.2 Å². The first-order valence-electron chi connectivity index (χ1n) is 14.9. The van der Waals surface area contributed by atoms with Crippen LogP contribution in [0.15, 0.2) is 60.6 Å². The Bertz CT molecular complexity index is 2220. The van der Waals surface area contributed by atoms with Gasteiger partial charge in [-0.1, -0.05) is 18.7 Å². The molecule has 7 rings (SSSR count). The smallest absolute Gasteiger partial charge is 0.246 e. The molecule has 2 aromatic carbocycles. The zero-order chi connectivity index (χ0) is 33.1. The summed E-state index contributed by atoms with van der Waals surface area (Å²) in [6.45, 7) is 7.45.